The number of nitrogen functional groups attached to an aromatic ring is 1. The molecule has 0 radical (unpaired) electrons. The molecule has 0 aliphatic rings. The van der Waals surface area contributed by atoms with Crippen LogP contribution in [0.15, 0.2) is 29.0 Å². The molecule has 0 unspecified atom stereocenters. The quantitative estimate of drug-likeness (QED) is 0.806. The molecule has 3 nitrogen and oxygen atoms in total. The molecule has 0 aliphatic carbocycles. The lowest BCUT2D eigenvalue weighted by atomic mass is 10.2. The maximum absolute atomic E-state index is 5.83. The van der Waals surface area contributed by atoms with Crippen LogP contribution in [0.2, 0.25) is 0 Å². The Balaban J connectivity index is 2.64. The van der Waals surface area contributed by atoms with E-state index in [0.29, 0.717) is 0 Å². The zero-order chi connectivity index (χ0) is 11.0. The van der Waals surface area contributed by atoms with Gasteiger partial charge in [-0.15, -0.1) is 0 Å². The van der Waals surface area contributed by atoms with Gasteiger partial charge in [0, 0.05) is 22.6 Å². The van der Waals surface area contributed by atoms with Gasteiger partial charge in [0.25, 0.3) is 0 Å². The van der Waals surface area contributed by atoms with Crippen LogP contribution >= 0.6 is 15.9 Å². The molecule has 1 aromatic carbocycles. The van der Waals surface area contributed by atoms with E-state index < -0.39 is 0 Å². The van der Waals surface area contributed by atoms with Crippen molar-refractivity contribution in [3.63, 3.8) is 0 Å². The van der Waals surface area contributed by atoms with Gasteiger partial charge in [0.15, 0.2) is 0 Å². The number of hydrogen-bond donors (Lipinski definition) is 1. The minimum absolute atomic E-state index is 0.795. The maximum atomic E-state index is 5.83. The van der Waals surface area contributed by atoms with Crippen molar-refractivity contribution in [2.24, 2.45) is 0 Å². The summed E-state index contributed by atoms with van der Waals surface area (Å²) in [5, 5.41) is 0. The first kappa shape index (κ1) is 10.2. The Labute approximate surface area is 97.1 Å². The van der Waals surface area contributed by atoms with Gasteiger partial charge in [0.2, 0.25) is 0 Å². The number of rotatable bonds is 1. The second-order valence-corrected chi connectivity index (χ2v) is 4.36. The van der Waals surface area contributed by atoms with Crippen LogP contribution in [-0.2, 0) is 0 Å². The number of anilines is 1. The predicted molar refractivity (Wildman–Crippen MR) is 65.2 cm³/mol. The van der Waals surface area contributed by atoms with Crippen molar-refractivity contribution in [3.8, 4) is 5.69 Å². The fourth-order valence-electron chi connectivity index (χ4n) is 1.50. The highest BCUT2D eigenvalue weighted by molar-refractivity contribution is 9.10. The smallest absolute Gasteiger partial charge is 0.110 e. The molecule has 0 atom stereocenters. The van der Waals surface area contributed by atoms with E-state index in [-0.39, 0.29) is 0 Å². The standard InChI is InChI=1S/C11H12BrN3/c1-7-5-11(9(12)6-10(7)13)15-4-3-14-8(15)2/h3-6H,13H2,1-2H3. The van der Waals surface area contributed by atoms with Gasteiger partial charge < -0.3 is 10.3 Å². The Morgan fingerprint density at radius 3 is 2.67 bits per heavy atom. The van der Waals surface area contributed by atoms with E-state index in [2.05, 4.69) is 20.9 Å². The van der Waals surface area contributed by atoms with Crippen molar-refractivity contribution in [1.29, 1.82) is 0 Å². The van der Waals surface area contributed by atoms with Gasteiger partial charge in [-0.25, -0.2) is 4.98 Å². The monoisotopic (exact) mass is 265 g/mol. The van der Waals surface area contributed by atoms with Crippen LogP contribution in [0.25, 0.3) is 5.69 Å². The third-order valence-corrected chi connectivity index (χ3v) is 3.06. The van der Waals surface area contributed by atoms with E-state index >= 15 is 0 Å². The van der Waals surface area contributed by atoms with Crippen LogP contribution in [-0.4, -0.2) is 9.55 Å². The molecule has 0 saturated carbocycles. The third kappa shape index (κ3) is 1.77. The van der Waals surface area contributed by atoms with Crippen LogP contribution in [0.4, 0.5) is 5.69 Å². The zero-order valence-electron chi connectivity index (χ0n) is 8.66. The fraction of sp³-hybridized carbons (Fsp3) is 0.182. The van der Waals surface area contributed by atoms with Crippen molar-refractivity contribution in [2.75, 3.05) is 5.73 Å². The van der Waals surface area contributed by atoms with E-state index in [4.69, 9.17) is 5.73 Å². The van der Waals surface area contributed by atoms with Gasteiger partial charge in [-0.2, -0.15) is 0 Å². The van der Waals surface area contributed by atoms with Crippen LogP contribution in [0.3, 0.4) is 0 Å². The normalized spacial score (nSPS) is 10.6. The minimum atomic E-state index is 0.795. The summed E-state index contributed by atoms with van der Waals surface area (Å²) < 4.78 is 3.00. The van der Waals surface area contributed by atoms with Gasteiger partial charge in [-0.3, -0.25) is 0 Å². The van der Waals surface area contributed by atoms with Crippen LogP contribution < -0.4 is 5.73 Å². The largest absolute Gasteiger partial charge is 0.398 e. The minimum Gasteiger partial charge on any atom is -0.398 e. The Hall–Kier alpha value is -1.29. The molecule has 0 amide bonds. The number of benzene rings is 1. The molecule has 0 saturated heterocycles. The maximum Gasteiger partial charge on any atom is 0.110 e. The number of imidazole rings is 1. The molecule has 78 valence electrons. The number of hydrogen-bond acceptors (Lipinski definition) is 2. The molecule has 0 aliphatic heterocycles. The van der Waals surface area contributed by atoms with E-state index in [1.54, 1.807) is 6.20 Å². The second kappa shape index (κ2) is 3.70. The fourth-order valence-corrected chi connectivity index (χ4v) is 2.05. The summed E-state index contributed by atoms with van der Waals surface area (Å²) in [4.78, 5) is 4.20. The highest BCUT2D eigenvalue weighted by Crippen LogP contribution is 2.27. The Morgan fingerprint density at radius 1 is 1.33 bits per heavy atom. The first-order valence-electron chi connectivity index (χ1n) is 4.65. The molecule has 0 bridgehead atoms. The molecule has 4 heteroatoms. The van der Waals surface area contributed by atoms with Crippen molar-refractivity contribution in [2.45, 2.75) is 13.8 Å². The van der Waals surface area contributed by atoms with Crippen LogP contribution in [0, 0.1) is 13.8 Å². The number of aromatic nitrogens is 2. The Morgan fingerprint density at radius 2 is 2.07 bits per heavy atom. The Kier molecular flexibility index (Phi) is 2.52. The van der Waals surface area contributed by atoms with Gasteiger partial charge in [-0.05, 0) is 47.5 Å². The molecular formula is C11H12BrN3. The van der Waals surface area contributed by atoms with Crippen LogP contribution in [0.1, 0.15) is 11.4 Å². The number of halogens is 1. The van der Waals surface area contributed by atoms with Gasteiger partial charge in [0.1, 0.15) is 5.82 Å². The molecule has 2 aromatic rings. The SMILES string of the molecule is Cc1cc(-n2ccnc2C)c(Br)cc1N. The van der Waals surface area contributed by atoms with Crippen molar-refractivity contribution in [1.82, 2.24) is 9.55 Å². The predicted octanol–water partition coefficient (Wildman–Crippen LogP) is 2.83. The highest BCUT2D eigenvalue weighted by atomic mass is 79.9. The number of aryl methyl sites for hydroxylation is 2. The van der Waals surface area contributed by atoms with Gasteiger partial charge in [-0.1, -0.05) is 0 Å². The molecule has 0 spiro atoms. The van der Waals surface area contributed by atoms with Crippen molar-refractivity contribution < 1.29 is 0 Å². The van der Waals surface area contributed by atoms with E-state index in [1.807, 2.05) is 36.7 Å². The molecular weight excluding hydrogens is 254 g/mol. The molecule has 1 aromatic heterocycles. The molecule has 1 heterocycles. The average molecular weight is 266 g/mol. The van der Waals surface area contributed by atoms with Crippen molar-refractivity contribution in [3.05, 3.63) is 40.4 Å². The number of nitrogens with two attached hydrogens (primary N) is 1. The van der Waals surface area contributed by atoms with E-state index in [0.717, 1.165) is 27.2 Å². The van der Waals surface area contributed by atoms with E-state index in [1.165, 1.54) is 0 Å². The summed E-state index contributed by atoms with van der Waals surface area (Å²) >= 11 is 3.51. The van der Waals surface area contributed by atoms with Gasteiger partial charge >= 0.3 is 0 Å². The third-order valence-electron chi connectivity index (χ3n) is 2.42. The first-order chi connectivity index (χ1) is 7.09. The van der Waals surface area contributed by atoms with Crippen LogP contribution in [0.5, 0.6) is 0 Å². The zero-order valence-corrected chi connectivity index (χ0v) is 10.2. The van der Waals surface area contributed by atoms with Gasteiger partial charge in [0.05, 0.1) is 5.69 Å². The summed E-state index contributed by atoms with van der Waals surface area (Å²) in [6, 6.07) is 3.97. The first-order valence-corrected chi connectivity index (χ1v) is 5.45. The summed E-state index contributed by atoms with van der Waals surface area (Å²) in [5.74, 6) is 0.958. The average Bonchev–Trinajstić information content (AvgIpc) is 2.58. The lowest BCUT2D eigenvalue weighted by Crippen LogP contribution is -1.99. The molecule has 2 N–H and O–H groups in total. The molecule has 15 heavy (non-hydrogen) atoms. The molecule has 2 rings (SSSR count). The molecule has 0 fully saturated rings. The summed E-state index contributed by atoms with van der Waals surface area (Å²) in [6.45, 7) is 3.97. The second-order valence-electron chi connectivity index (χ2n) is 3.50. The summed E-state index contributed by atoms with van der Waals surface area (Å²) in [6.07, 6.45) is 3.72. The summed E-state index contributed by atoms with van der Waals surface area (Å²) in [5.41, 5.74) is 8.76. The Bertz CT molecular complexity index is 503. The topological polar surface area (TPSA) is 43.8 Å². The lowest BCUT2D eigenvalue weighted by Gasteiger charge is -2.10. The lowest BCUT2D eigenvalue weighted by molar-refractivity contribution is 0.968. The number of nitrogens with zero attached hydrogens (tertiary/aromatic N) is 2. The van der Waals surface area contributed by atoms with E-state index in [9.17, 15) is 0 Å². The van der Waals surface area contributed by atoms with Crippen molar-refractivity contribution >= 4 is 21.6 Å². The highest BCUT2D eigenvalue weighted by Gasteiger charge is 2.07. The summed E-state index contributed by atoms with van der Waals surface area (Å²) in [7, 11) is 0.